The van der Waals surface area contributed by atoms with Crippen LogP contribution < -0.4 is 0 Å². The van der Waals surface area contributed by atoms with Gasteiger partial charge in [0.05, 0.1) is 6.54 Å². The average Bonchev–Trinajstić information content (AvgIpc) is 2.68. The summed E-state index contributed by atoms with van der Waals surface area (Å²) in [7, 11) is 1.67. The molecule has 1 heterocycles. The Morgan fingerprint density at radius 2 is 1.70 bits per heavy atom. The number of hydrogen-bond donors (Lipinski definition) is 0. The molecule has 3 rings (SSSR count). The van der Waals surface area contributed by atoms with Crippen molar-refractivity contribution in [3.05, 3.63) is 70.7 Å². The van der Waals surface area contributed by atoms with Crippen molar-refractivity contribution < 1.29 is 9.59 Å². The molecule has 0 radical (unpaired) electrons. The molecule has 5 nitrogen and oxygen atoms in total. The molecule has 1 aliphatic heterocycles. The molecule has 0 spiro atoms. The molecule has 0 aliphatic carbocycles. The zero-order valence-corrected chi connectivity index (χ0v) is 16.2. The van der Waals surface area contributed by atoms with Crippen LogP contribution in [0.4, 0.5) is 0 Å². The van der Waals surface area contributed by atoms with Crippen molar-refractivity contribution in [1.82, 2.24) is 14.7 Å². The Morgan fingerprint density at radius 1 is 1.00 bits per heavy atom. The second kappa shape index (κ2) is 9.02. The van der Waals surface area contributed by atoms with Crippen LogP contribution in [-0.2, 0) is 11.3 Å². The SMILES string of the molecule is CN(CC(=O)N1CCN(Cc2cccc(Cl)c2)CC1)C(=O)c1ccccc1. The lowest BCUT2D eigenvalue weighted by Gasteiger charge is -2.35. The van der Waals surface area contributed by atoms with Crippen molar-refractivity contribution in [2.24, 2.45) is 0 Å². The molecule has 1 saturated heterocycles. The summed E-state index contributed by atoms with van der Waals surface area (Å²) in [6.07, 6.45) is 0. The number of likely N-dealkylation sites (N-methyl/N-ethyl adjacent to an activating group) is 1. The summed E-state index contributed by atoms with van der Waals surface area (Å²) < 4.78 is 0. The van der Waals surface area contributed by atoms with E-state index in [2.05, 4.69) is 11.0 Å². The maximum absolute atomic E-state index is 12.5. The van der Waals surface area contributed by atoms with Crippen molar-refractivity contribution in [3.63, 3.8) is 0 Å². The van der Waals surface area contributed by atoms with E-state index < -0.39 is 0 Å². The molecule has 0 N–H and O–H groups in total. The topological polar surface area (TPSA) is 43.9 Å². The molecule has 1 aliphatic rings. The van der Waals surface area contributed by atoms with E-state index in [9.17, 15) is 9.59 Å². The first kappa shape index (κ1) is 19.4. The van der Waals surface area contributed by atoms with Crippen molar-refractivity contribution in [2.75, 3.05) is 39.8 Å². The van der Waals surface area contributed by atoms with E-state index in [0.29, 0.717) is 18.7 Å². The molecule has 1 fully saturated rings. The van der Waals surface area contributed by atoms with Crippen LogP contribution in [-0.4, -0.2) is 66.3 Å². The summed E-state index contributed by atoms with van der Waals surface area (Å²) in [6.45, 7) is 3.90. The first-order chi connectivity index (χ1) is 13.0. The molecular formula is C21H24ClN3O2. The van der Waals surface area contributed by atoms with E-state index in [1.54, 1.807) is 19.2 Å². The molecule has 0 atom stereocenters. The van der Waals surface area contributed by atoms with Crippen LogP contribution in [0.2, 0.25) is 5.02 Å². The summed E-state index contributed by atoms with van der Waals surface area (Å²) in [5.41, 5.74) is 1.77. The van der Waals surface area contributed by atoms with Gasteiger partial charge in [-0.15, -0.1) is 0 Å². The third-order valence-corrected chi connectivity index (χ3v) is 5.00. The van der Waals surface area contributed by atoms with Crippen LogP contribution in [0.1, 0.15) is 15.9 Å². The molecule has 2 aromatic carbocycles. The molecule has 2 aromatic rings. The van der Waals surface area contributed by atoms with E-state index in [1.165, 1.54) is 10.5 Å². The normalized spacial score (nSPS) is 14.8. The third-order valence-electron chi connectivity index (χ3n) is 4.76. The maximum Gasteiger partial charge on any atom is 0.254 e. The minimum absolute atomic E-state index is 0.0100. The Kier molecular flexibility index (Phi) is 6.48. The number of benzene rings is 2. The van der Waals surface area contributed by atoms with Gasteiger partial charge in [-0.05, 0) is 29.8 Å². The zero-order chi connectivity index (χ0) is 19.2. The second-order valence-electron chi connectivity index (χ2n) is 6.81. The van der Waals surface area contributed by atoms with Crippen LogP contribution in [0, 0.1) is 0 Å². The van der Waals surface area contributed by atoms with Crippen LogP contribution in [0.3, 0.4) is 0 Å². The lowest BCUT2D eigenvalue weighted by molar-refractivity contribution is -0.133. The third kappa shape index (κ3) is 5.31. The van der Waals surface area contributed by atoms with E-state index >= 15 is 0 Å². The summed E-state index contributed by atoms with van der Waals surface area (Å²) in [6, 6.07) is 16.9. The maximum atomic E-state index is 12.5. The first-order valence-corrected chi connectivity index (χ1v) is 9.46. The number of carbonyl (C=O) groups excluding carboxylic acids is 2. The van der Waals surface area contributed by atoms with Gasteiger partial charge in [0.15, 0.2) is 0 Å². The fourth-order valence-corrected chi connectivity index (χ4v) is 3.44. The number of piperazine rings is 1. The van der Waals surface area contributed by atoms with Crippen LogP contribution in [0.25, 0.3) is 0 Å². The van der Waals surface area contributed by atoms with Crippen LogP contribution in [0.5, 0.6) is 0 Å². The molecule has 2 amide bonds. The predicted octanol–water partition coefficient (Wildman–Crippen LogP) is 2.76. The van der Waals surface area contributed by atoms with Gasteiger partial charge in [-0.3, -0.25) is 14.5 Å². The highest BCUT2D eigenvalue weighted by atomic mass is 35.5. The molecule has 6 heteroatoms. The fourth-order valence-electron chi connectivity index (χ4n) is 3.22. The molecule has 27 heavy (non-hydrogen) atoms. The van der Waals surface area contributed by atoms with Crippen LogP contribution in [0.15, 0.2) is 54.6 Å². The minimum Gasteiger partial charge on any atom is -0.339 e. The molecule has 0 aromatic heterocycles. The van der Waals surface area contributed by atoms with Gasteiger partial charge in [0, 0.05) is 50.4 Å². The average molecular weight is 386 g/mol. The van der Waals surface area contributed by atoms with E-state index in [0.717, 1.165) is 24.7 Å². The van der Waals surface area contributed by atoms with Crippen molar-refractivity contribution >= 4 is 23.4 Å². The molecule has 0 bridgehead atoms. The molecule has 0 unspecified atom stereocenters. The van der Waals surface area contributed by atoms with E-state index in [4.69, 9.17) is 11.6 Å². The highest BCUT2D eigenvalue weighted by molar-refractivity contribution is 6.30. The summed E-state index contributed by atoms with van der Waals surface area (Å²) in [5, 5.41) is 0.743. The van der Waals surface area contributed by atoms with Crippen molar-refractivity contribution in [3.8, 4) is 0 Å². The lowest BCUT2D eigenvalue weighted by atomic mass is 10.2. The quantitative estimate of drug-likeness (QED) is 0.794. The number of hydrogen-bond acceptors (Lipinski definition) is 3. The molecule has 142 valence electrons. The van der Waals surface area contributed by atoms with Crippen molar-refractivity contribution in [2.45, 2.75) is 6.54 Å². The second-order valence-corrected chi connectivity index (χ2v) is 7.25. The Balaban J connectivity index is 1.47. The zero-order valence-electron chi connectivity index (χ0n) is 15.5. The standard InChI is InChI=1S/C21H24ClN3O2/c1-23(21(27)18-7-3-2-4-8-18)16-20(26)25-12-10-24(11-13-25)15-17-6-5-9-19(22)14-17/h2-9,14H,10-13,15-16H2,1H3. The number of nitrogens with zero attached hydrogens (tertiary/aromatic N) is 3. The Labute approximate surface area is 165 Å². The molecular weight excluding hydrogens is 362 g/mol. The van der Waals surface area contributed by atoms with Gasteiger partial charge >= 0.3 is 0 Å². The predicted molar refractivity (Wildman–Crippen MR) is 107 cm³/mol. The fraction of sp³-hybridized carbons (Fsp3) is 0.333. The number of halogens is 1. The highest BCUT2D eigenvalue weighted by Gasteiger charge is 2.23. The van der Waals surface area contributed by atoms with Gasteiger partial charge in [0.2, 0.25) is 5.91 Å². The number of amides is 2. The monoisotopic (exact) mass is 385 g/mol. The van der Waals surface area contributed by atoms with Crippen molar-refractivity contribution in [1.29, 1.82) is 0 Å². The first-order valence-electron chi connectivity index (χ1n) is 9.08. The van der Waals surface area contributed by atoms with E-state index in [1.807, 2.05) is 41.3 Å². The Bertz CT molecular complexity index is 789. The van der Waals surface area contributed by atoms with E-state index in [-0.39, 0.29) is 18.4 Å². The Hall–Kier alpha value is -2.37. The molecule has 0 saturated carbocycles. The summed E-state index contributed by atoms with van der Waals surface area (Å²) >= 11 is 6.04. The van der Waals surface area contributed by atoms with Gasteiger partial charge in [-0.2, -0.15) is 0 Å². The summed E-state index contributed by atoms with van der Waals surface area (Å²) in [4.78, 5) is 30.6. The smallest absolute Gasteiger partial charge is 0.254 e. The van der Waals surface area contributed by atoms with Gasteiger partial charge in [0.1, 0.15) is 0 Å². The van der Waals surface area contributed by atoms with Gasteiger partial charge in [-0.1, -0.05) is 41.9 Å². The van der Waals surface area contributed by atoms with Gasteiger partial charge in [0.25, 0.3) is 5.91 Å². The largest absolute Gasteiger partial charge is 0.339 e. The van der Waals surface area contributed by atoms with Crippen LogP contribution >= 0.6 is 11.6 Å². The highest BCUT2D eigenvalue weighted by Crippen LogP contribution is 2.14. The number of carbonyl (C=O) groups is 2. The summed E-state index contributed by atoms with van der Waals surface area (Å²) in [5.74, 6) is -0.146. The van der Waals surface area contributed by atoms with Gasteiger partial charge < -0.3 is 9.80 Å². The Morgan fingerprint density at radius 3 is 2.37 bits per heavy atom. The lowest BCUT2D eigenvalue weighted by Crippen LogP contribution is -2.51. The minimum atomic E-state index is -0.136. The van der Waals surface area contributed by atoms with Gasteiger partial charge in [-0.25, -0.2) is 0 Å². The number of rotatable bonds is 5.